The van der Waals surface area contributed by atoms with Gasteiger partial charge >= 0.3 is 0 Å². The van der Waals surface area contributed by atoms with E-state index in [4.69, 9.17) is 11.6 Å². The molecule has 0 saturated carbocycles. The number of pyridine rings is 1. The van der Waals surface area contributed by atoms with Crippen LogP contribution >= 0.6 is 11.6 Å². The molecule has 0 unspecified atom stereocenters. The molecule has 0 spiro atoms. The van der Waals surface area contributed by atoms with E-state index in [1.54, 1.807) is 19.9 Å². The van der Waals surface area contributed by atoms with Gasteiger partial charge in [-0.25, -0.2) is 14.4 Å². The van der Waals surface area contributed by atoms with Gasteiger partial charge in [-0.1, -0.05) is 24.6 Å². The van der Waals surface area contributed by atoms with E-state index in [1.165, 1.54) is 24.3 Å². The summed E-state index contributed by atoms with van der Waals surface area (Å²) in [5.74, 6) is -3.20. The number of aromatic nitrogens is 3. The number of hydrogen-bond acceptors (Lipinski definition) is 6. The van der Waals surface area contributed by atoms with Gasteiger partial charge in [0.2, 0.25) is 5.95 Å². The molecule has 6 nitrogen and oxygen atoms in total. The van der Waals surface area contributed by atoms with Gasteiger partial charge in [0.15, 0.2) is 0 Å². The first-order valence-electron chi connectivity index (χ1n) is 10.3. The Kier molecular flexibility index (Phi) is 7.14. The van der Waals surface area contributed by atoms with Gasteiger partial charge in [-0.2, -0.15) is 13.8 Å². The summed E-state index contributed by atoms with van der Waals surface area (Å²) >= 11 is 5.94. The lowest BCUT2D eigenvalue weighted by molar-refractivity contribution is 0.0129. The fourth-order valence-electron chi connectivity index (χ4n) is 3.10. The standard InChI is InChI=1S/C23H25ClF3N5O/c1-5-16-19(17-7-6-8-18(30-17)23(4,26)27)31-21(32-20(16)28-12-22(2,3)33)29-15-10-13(24)9-14(25)11-15/h6-11,33H,5,12H2,1-4H3,(H2,28,29,31,32). The average Bonchev–Trinajstić information content (AvgIpc) is 2.70. The number of rotatable bonds is 8. The first-order valence-corrected chi connectivity index (χ1v) is 10.7. The summed E-state index contributed by atoms with van der Waals surface area (Å²) < 4.78 is 41.6. The predicted molar refractivity (Wildman–Crippen MR) is 124 cm³/mol. The normalized spacial score (nSPS) is 12.0. The Hall–Kier alpha value is -2.91. The van der Waals surface area contributed by atoms with E-state index in [-0.39, 0.29) is 23.2 Å². The maximum atomic E-state index is 13.9. The maximum Gasteiger partial charge on any atom is 0.286 e. The zero-order valence-electron chi connectivity index (χ0n) is 18.7. The van der Waals surface area contributed by atoms with Crippen LogP contribution in [0.3, 0.4) is 0 Å². The van der Waals surface area contributed by atoms with Crippen molar-refractivity contribution >= 4 is 29.1 Å². The molecular weight excluding hydrogens is 455 g/mol. The average molecular weight is 480 g/mol. The number of halogens is 4. The minimum absolute atomic E-state index is 0.0811. The topological polar surface area (TPSA) is 83.0 Å². The molecule has 0 bridgehead atoms. The van der Waals surface area contributed by atoms with Gasteiger partial charge in [0.05, 0.1) is 17.0 Å². The minimum Gasteiger partial charge on any atom is -0.389 e. The van der Waals surface area contributed by atoms with Crippen molar-refractivity contribution < 1.29 is 18.3 Å². The zero-order valence-corrected chi connectivity index (χ0v) is 19.4. The van der Waals surface area contributed by atoms with Crippen LogP contribution in [0.1, 0.15) is 39.0 Å². The smallest absolute Gasteiger partial charge is 0.286 e. The highest BCUT2D eigenvalue weighted by atomic mass is 35.5. The van der Waals surface area contributed by atoms with E-state index < -0.39 is 23.0 Å². The van der Waals surface area contributed by atoms with Gasteiger partial charge in [-0.3, -0.25) is 0 Å². The molecule has 176 valence electrons. The highest BCUT2D eigenvalue weighted by molar-refractivity contribution is 6.30. The monoisotopic (exact) mass is 479 g/mol. The fourth-order valence-corrected chi connectivity index (χ4v) is 3.32. The Morgan fingerprint density at radius 1 is 1.06 bits per heavy atom. The summed E-state index contributed by atoms with van der Waals surface area (Å²) in [7, 11) is 0. The Morgan fingerprint density at radius 3 is 2.39 bits per heavy atom. The Labute approximate surface area is 195 Å². The fraction of sp³-hybridized carbons (Fsp3) is 0.348. The van der Waals surface area contributed by atoms with Crippen LogP contribution in [0.25, 0.3) is 11.4 Å². The van der Waals surface area contributed by atoms with Gasteiger partial charge in [0, 0.05) is 29.7 Å². The predicted octanol–water partition coefficient (Wildman–Crippen LogP) is 5.93. The van der Waals surface area contributed by atoms with Gasteiger partial charge in [0.25, 0.3) is 5.92 Å². The third-order valence-electron chi connectivity index (χ3n) is 4.61. The number of nitrogens with one attached hydrogen (secondary N) is 2. The van der Waals surface area contributed by atoms with Crippen LogP contribution < -0.4 is 10.6 Å². The molecular formula is C23H25ClF3N5O. The molecule has 33 heavy (non-hydrogen) atoms. The summed E-state index contributed by atoms with van der Waals surface area (Å²) in [6.45, 7) is 6.08. The molecule has 0 fully saturated rings. The van der Waals surface area contributed by atoms with Gasteiger partial charge < -0.3 is 15.7 Å². The largest absolute Gasteiger partial charge is 0.389 e. The molecule has 10 heteroatoms. The third kappa shape index (κ3) is 6.55. The molecule has 0 radical (unpaired) electrons. The minimum atomic E-state index is -3.13. The molecule has 3 aromatic rings. The Morgan fingerprint density at radius 2 is 1.79 bits per heavy atom. The van der Waals surface area contributed by atoms with Crippen molar-refractivity contribution in [2.45, 2.75) is 45.6 Å². The third-order valence-corrected chi connectivity index (χ3v) is 4.83. The zero-order chi connectivity index (χ0) is 24.4. The van der Waals surface area contributed by atoms with Crippen molar-refractivity contribution in [3.63, 3.8) is 0 Å². The molecule has 0 atom stereocenters. The molecule has 0 aliphatic carbocycles. The lowest BCUT2D eigenvalue weighted by Crippen LogP contribution is -2.30. The lowest BCUT2D eigenvalue weighted by atomic mass is 10.1. The molecule has 0 amide bonds. The number of alkyl halides is 2. The van der Waals surface area contributed by atoms with Crippen LogP contribution in [-0.2, 0) is 12.3 Å². The summed E-state index contributed by atoms with van der Waals surface area (Å²) in [6, 6.07) is 8.21. The number of anilines is 3. The van der Waals surface area contributed by atoms with Crippen molar-refractivity contribution in [3.05, 3.63) is 58.5 Å². The van der Waals surface area contributed by atoms with Crippen molar-refractivity contribution in [3.8, 4) is 11.4 Å². The number of hydrogen-bond donors (Lipinski definition) is 3. The first kappa shape index (κ1) is 24.7. The quantitative estimate of drug-likeness (QED) is 0.371. The molecule has 3 N–H and O–H groups in total. The highest BCUT2D eigenvalue weighted by Gasteiger charge is 2.27. The van der Waals surface area contributed by atoms with Crippen LogP contribution in [0.15, 0.2) is 36.4 Å². The van der Waals surface area contributed by atoms with Crippen LogP contribution in [0, 0.1) is 5.82 Å². The van der Waals surface area contributed by atoms with Crippen LogP contribution in [-0.4, -0.2) is 32.2 Å². The second kappa shape index (κ2) is 9.52. The maximum absolute atomic E-state index is 13.9. The summed E-state index contributed by atoms with van der Waals surface area (Å²) in [5.41, 5.74) is 0.0822. The Bertz CT molecular complexity index is 1130. The van der Waals surface area contributed by atoms with E-state index >= 15 is 0 Å². The van der Waals surface area contributed by atoms with Crippen molar-refractivity contribution in [1.82, 2.24) is 15.0 Å². The van der Waals surface area contributed by atoms with Gasteiger partial charge in [-0.05, 0) is 50.6 Å². The molecule has 1 aromatic carbocycles. The van der Waals surface area contributed by atoms with Crippen molar-refractivity contribution in [1.29, 1.82) is 0 Å². The van der Waals surface area contributed by atoms with E-state index in [2.05, 4.69) is 25.6 Å². The van der Waals surface area contributed by atoms with E-state index in [0.717, 1.165) is 13.0 Å². The number of nitrogens with zero attached hydrogens (tertiary/aromatic N) is 3. The first-order chi connectivity index (χ1) is 15.4. The molecule has 0 saturated heterocycles. The van der Waals surface area contributed by atoms with Crippen LogP contribution in [0.4, 0.5) is 30.6 Å². The molecule has 0 aliphatic rings. The summed E-state index contributed by atoms with van der Waals surface area (Å²) in [6.07, 6.45) is 0.462. The summed E-state index contributed by atoms with van der Waals surface area (Å²) in [4.78, 5) is 13.1. The SMILES string of the molecule is CCc1c(NCC(C)(C)O)nc(Nc2cc(F)cc(Cl)c2)nc1-c1cccc(C(C)(F)F)n1. The second-order valence-electron chi connectivity index (χ2n) is 8.32. The van der Waals surface area contributed by atoms with Crippen LogP contribution in [0.2, 0.25) is 5.02 Å². The van der Waals surface area contributed by atoms with Crippen molar-refractivity contribution in [2.75, 3.05) is 17.2 Å². The molecule has 3 rings (SSSR count). The van der Waals surface area contributed by atoms with E-state index in [1.807, 2.05) is 6.92 Å². The Balaban J connectivity index is 2.14. The van der Waals surface area contributed by atoms with Gasteiger partial charge in [0.1, 0.15) is 17.3 Å². The highest BCUT2D eigenvalue weighted by Crippen LogP contribution is 2.32. The lowest BCUT2D eigenvalue weighted by Gasteiger charge is -2.21. The number of aliphatic hydroxyl groups is 1. The second-order valence-corrected chi connectivity index (χ2v) is 8.76. The van der Waals surface area contributed by atoms with Gasteiger partial charge in [-0.15, -0.1) is 0 Å². The summed E-state index contributed by atoms with van der Waals surface area (Å²) in [5, 5.41) is 16.3. The molecule has 2 heterocycles. The van der Waals surface area contributed by atoms with Crippen LogP contribution in [0.5, 0.6) is 0 Å². The molecule has 0 aliphatic heterocycles. The number of benzene rings is 1. The van der Waals surface area contributed by atoms with E-state index in [0.29, 0.717) is 29.2 Å². The van der Waals surface area contributed by atoms with Crippen molar-refractivity contribution in [2.24, 2.45) is 0 Å². The molecule has 2 aromatic heterocycles. The van der Waals surface area contributed by atoms with E-state index in [9.17, 15) is 18.3 Å².